The Labute approximate surface area is 228 Å². The maximum atomic E-state index is 6.22. The molecule has 0 saturated heterocycles. The lowest BCUT2D eigenvalue weighted by Gasteiger charge is -2.12. The third kappa shape index (κ3) is 31.9. The molecule has 3 heteroatoms. The van der Waals surface area contributed by atoms with E-state index in [-0.39, 0.29) is 6.04 Å². The first-order chi connectivity index (χ1) is 17.8. The monoisotopic (exact) mass is 512 g/mol. The van der Waals surface area contributed by atoms with Gasteiger partial charge in [-0.05, 0) is 25.7 Å². The molecule has 0 saturated carbocycles. The normalized spacial score (nSPS) is 11.7. The van der Waals surface area contributed by atoms with E-state index >= 15 is 0 Å². The van der Waals surface area contributed by atoms with Crippen molar-refractivity contribution in [1.82, 2.24) is 0 Å². The fourth-order valence-electron chi connectivity index (χ4n) is 4.91. The van der Waals surface area contributed by atoms with Gasteiger partial charge in [-0.25, -0.2) is 0 Å². The van der Waals surface area contributed by atoms with E-state index in [0.29, 0.717) is 0 Å². The lowest BCUT2D eigenvalue weighted by Crippen LogP contribution is -2.24. The first-order valence-electron chi connectivity index (χ1n) is 16.7. The Morgan fingerprint density at radius 3 is 0.889 bits per heavy atom. The number of unbranched alkanes of at least 4 members (excludes halogenated alkanes) is 22. The molecule has 0 aromatic rings. The maximum absolute atomic E-state index is 6.22. The van der Waals surface area contributed by atoms with Crippen LogP contribution in [-0.4, -0.2) is 32.5 Å². The smallest absolute Gasteiger partial charge is 0.0480 e. The van der Waals surface area contributed by atoms with Gasteiger partial charge in [0, 0.05) is 32.5 Å². The van der Waals surface area contributed by atoms with Gasteiger partial charge in [-0.3, -0.25) is 0 Å². The lowest BCUT2D eigenvalue weighted by atomic mass is 10.1. The molecule has 0 aliphatic heterocycles. The van der Waals surface area contributed by atoms with E-state index in [4.69, 9.17) is 15.2 Å². The van der Waals surface area contributed by atoms with E-state index in [1.54, 1.807) is 0 Å². The molecular weight excluding hydrogens is 442 g/mol. The van der Waals surface area contributed by atoms with Crippen LogP contribution in [-0.2, 0) is 9.47 Å². The van der Waals surface area contributed by atoms with Gasteiger partial charge in [-0.2, -0.15) is 0 Å². The molecule has 0 fully saturated rings. The quantitative estimate of drug-likeness (QED) is 0.0913. The van der Waals surface area contributed by atoms with Crippen LogP contribution < -0.4 is 5.73 Å². The zero-order valence-electron chi connectivity index (χ0n) is 25.2. The number of ether oxygens (including phenoxy) is 2. The minimum Gasteiger partial charge on any atom is -0.381 e. The van der Waals surface area contributed by atoms with E-state index in [1.165, 1.54) is 154 Å². The van der Waals surface area contributed by atoms with Gasteiger partial charge in [-0.1, -0.05) is 155 Å². The van der Waals surface area contributed by atoms with Crippen LogP contribution in [0, 0.1) is 0 Å². The first-order valence-corrected chi connectivity index (χ1v) is 16.7. The third-order valence-corrected chi connectivity index (χ3v) is 7.55. The van der Waals surface area contributed by atoms with Crippen molar-refractivity contribution >= 4 is 0 Å². The summed E-state index contributed by atoms with van der Waals surface area (Å²) in [5, 5.41) is 0. The molecule has 0 aliphatic rings. The van der Waals surface area contributed by atoms with E-state index in [1.807, 2.05) is 0 Å². The predicted molar refractivity (Wildman–Crippen MR) is 161 cm³/mol. The molecular formula is C33H69NO2. The summed E-state index contributed by atoms with van der Waals surface area (Å²) in [4.78, 5) is 0. The molecule has 36 heavy (non-hydrogen) atoms. The molecule has 0 unspecified atom stereocenters. The fourth-order valence-corrected chi connectivity index (χ4v) is 4.91. The fraction of sp³-hybridized carbons (Fsp3) is 1.00. The SMILES string of the molecule is CCCCCCCCCCCCCCOCCC(N)CCOCCCCCCCCCCCCCC. The second-order valence-electron chi connectivity index (χ2n) is 11.3. The number of hydrogen-bond donors (Lipinski definition) is 1. The summed E-state index contributed by atoms with van der Waals surface area (Å²) in [5.74, 6) is 0. The summed E-state index contributed by atoms with van der Waals surface area (Å²) in [7, 11) is 0. The highest BCUT2D eigenvalue weighted by atomic mass is 16.5. The van der Waals surface area contributed by atoms with Crippen molar-refractivity contribution in [2.24, 2.45) is 5.73 Å². The van der Waals surface area contributed by atoms with Gasteiger partial charge < -0.3 is 15.2 Å². The number of rotatable bonds is 32. The van der Waals surface area contributed by atoms with Crippen LogP contribution >= 0.6 is 0 Å². The van der Waals surface area contributed by atoms with Crippen molar-refractivity contribution in [3.8, 4) is 0 Å². The largest absolute Gasteiger partial charge is 0.381 e. The maximum Gasteiger partial charge on any atom is 0.0480 e. The average Bonchev–Trinajstić information content (AvgIpc) is 2.88. The summed E-state index contributed by atoms with van der Waals surface area (Å²) in [6, 6.07) is 0.217. The zero-order chi connectivity index (χ0) is 26.2. The van der Waals surface area contributed by atoms with Crippen LogP contribution in [0.3, 0.4) is 0 Å². The Kier molecular flexibility index (Phi) is 32.8. The van der Waals surface area contributed by atoms with Crippen molar-refractivity contribution in [2.75, 3.05) is 26.4 Å². The topological polar surface area (TPSA) is 44.5 Å². The highest BCUT2D eigenvalue weighted by molar-refractivity contribution is 4.60. The van der Waals surface area contributed by atoms with Crippen molar-refractivity contribution in [2.45, 2.75) is 187 Å². The highest BCUT2D eigenvalue weighted by Gasteiger charge is 2.03. The van der Waals surface area contributed by atoms with Crippen LogP contribution in [0.25, 0.3) is 0 Å². The summed E-state index contributed by atoms with van der Waals surface area (Å²) in [6.07, 6.45) is 35.3. The van der Waals surface area contributed by atoms with Gasteiger partial charge in [0.05, 0.1) is 0 Å². The van der Waals surface area contributed by atoms with Gasteiger partial charge in [0.1, 0.15) is 0 Å². The minimum atomic E-state index is 0.217. The zero-order valence-corrected chi connectivity index (χ0v) is 25.2. The van der Waals surface area contributed by atoms with Gasteiger partial charge in [0.2, 0.25) is 0 Å². The molecule has 0 amide bonds. The van der Waals surface area contributed by atoms with Gasteiger partial charge in [0.15, 0.2) is 0 Å². The van der Waals surface area contributed by atoms with Crippen molar-refractivity contribution in [3.05, 3.63) is 0 Å². The minimum absolute atomic E-state index is 0.217. The second-order valence-corrected chi connectivity index (χ2v) is 11.3. The molecule has 2 N–H and O–H groups in total. The predicted octanol–water partition coefficient (Wildman–Crippen LogP) is 10.5. The van der Waals surface area contributed by atoms with Crippen LogP contribution in [0.1, 0.15) is 181 Å². The Balaban J connectivity index is 3.13. The molecule has 0 bridgehead atoms. The summed E-state index contributed by atoms with van der Waals surface area (Å²) < 4.78 is 11.6. The van der Waals surface area contributed by atoms with E-state index in [9.17, 15) is 0 Å². The van der Waals surface area contributed by atoms with Crippen LogP contribution in [0.2, 0.25) is 0 Å². The Bertz CT molecular complexity index is 343. The number of nitrogens with two attached hydrogens (primary N) is 1. The molecule has 0 spiro atoms. The Morgan fingerprint density at radius 2 is 0.611 bits per heavy atom. The first kappa shape index (κ1) is 35.9. The van der Waals surface area contributed by atoms with Crippen LogP contribution in [0.15, 0.2) is 0 Å². The average molecular weight is 512 g/mol. The molecule has 0 radical (unpaired) electrons. The number of hydrogen-bond acceptors (Lipinski definition) is 3. The molecule has 3 nitrogen and oxygen atoms in total. The molecule has 0 aromatic heterocycles. The molecule has 0 aliphatic carbocycles. The second kappa shape index (κ2) is 32.9. The highest BCUT2D eigenvalue weighted by Crippen LogP contribution is 2.13. The molecule has 0 rings (SSSR count). The lowest BCUT2D eigenvalue weighted by molar-refractivity contribution is 0.105. The molecule has 0 aromatic carbocycles. The third-order valence-electron chi connectivity index (χ3n) is 7.55. The molecule has 0 atom stereocenters. The standard InChI is InChI=1S/C33H69NO2/c1-3-5-7-9-11-13-15-17-19-21-23-25-29-35-31-27-33(34)28-32-36-30-26-24-22-20-18-16-14-12-10-8-6-4-2/h33H,3-32,34H2,1-2H3. The van der Waals surface area contributed by atoms with E-state index in [0.717, 1.165) is 39.3 Å². The summed E-state index contributed by atoms with van der Waals surface area (Å²) in [6.45, 7) is 7.99. The van der Waals surface area contributed by atoms with Gasteiger partial charge in [0.25, 0.3) is 0 Å². The molecule has 218 valence electrons. The summed E-state index contributed by atoms with van der Waals surface area (Å²) >= 11 is 0. The molecule has 0 heterocycles. The summed E-state index contributed by atoms with van der Waals surface area (Å²) in [5.41, 5.74) is 6.22. The van der Waals surface area contributed by atoms with Crippen molar-refractivity contribution in [3.63, 3.8) is 0 Å². The van der Waals surface area contributed by atoms with Crippen LogP contribution in [0.5, 0.6) is 0 Å². The van der Waals surface area contributed by atoms with Gasteiger partial charge >= 0.3 is 0 Å². The Hall–Kier alpha value is -0.120. The van der Waals surface area contributed by atoms with Gasteiger partial charge in [-0.15, -0.1) is 0 Å². The van der Waals surface area contributed by atoms with Crippen molar-refractivity contribution < 1.29 is 9.47 Å². The van der Waals surface area contributed by atoms with Crippen LogP contribution in [0.4, 0.5) is 0 Å². The van der Waals surface area contributed by atoms with Crippen molar-refractivity contribution in [1.29, 1.82) is 0 Å². The Morgan fingerprint density at radius 1 is 0.361 bits per heavy atom. The van der Waals surface area contributed by atoms with E-state index < -0.39 is 0 Å². The van der Waals surface area contributed by atoms with E-state index in [2.05, 4.69) is 13.8 Å².